The van der Waals surface area contributed by atoms with Crippen molar-refractivity contribution in [1.82, 2.24) is 0 Å². The van der Waals surface area contributed by atoms with E-state index >= 15 is 0 Å². The van der Waals surface area contributed by atoms with Crippen molar-refractivity contribution >= 4 is 5.78 Å². The van der Waals surface area contributed by atoms with E-state index in [0.29, 0.717) is 6.42 Å². The summed E-state index contributed by atoms with van der Waals surface area (Å²) < 4.78 is 0. The van der Waals surface area contributed by atoms with Crippen LogP contribution in [0.5, 0.6) is 0 Å². The molecule has 0 fully saturated rings. The van der Waals surface area contributed by atoms with Crippen molar-refractivity contribution in [3.63, 3.8) is 0 Å². The van der Waals surface area contributed by atoms with Gasteiger partial charge in [-0.2, -0.15) is 0 Å². The van der Waals surface area contributed by atoms with Crippen molar-refractivity contribution in [2.24, 2.45) is 0 Å². The van der Waals surface area contributed by atoms with Crippen LogP contribution < -0.4 is 0 Å². The van der Waals surface area contributed by atoms with E-state index < -0.39 is 0 Å². The van der Waals surface area contributed by atoms with Gasteiger partial charge >= 0.3 is 0 Å². The molecule has 0 heterocycles. The first-order chi connectivity index (χ1) is 8.95. The van der Waals surface area contributed by atoms with Crippen molar-refractivity contribution in [3.05, 3.63) is 35.4 Å². The highest BCUT2D eigenvalue weighted by Crippen LogP contribution is 2.22. The summed E-state index contributed by atoms with van der Waals surface area (Å²) in [6, 6.07) is 8.14. The molecule has 1 aromatic carbocycles. The minimum absolute atomic E-state index is 0.154. The van der Waals surface area contributed by atoms with Crippen molar-refractivity contribution in [3.8, 4) is 0 Å². The molecule has 19 heavy (non-hydrogen) atoms. The fraction of sp³-hybridized carbons (Fsp3) is 0.611. The Morgan fingerprint density at radius 1 is 0.947 bits per heavy atom. The van der Waals surface area contributed by atoms with E-state index in [9.17, 15) is 4.79 Å². The molecule has 106 valence electrons. The molecule has 0 saturated carbocycles. The number of unbranched alkanes of at least 4 members (excludes halogenated alkanes) is 4. The van der Waals surface area contributed by atoms with Gasteiger partial charge in [0, 0.05) is 12.0 Å². The van der Waals surface area contributed by atoms with Crippen LogP contribution in [0, 0.1) is 0 Å². The summed E-state index contributed by atoms with van der Waals surface area (Å²) in [5.74, 6) is 0.289. The quantitative estimate of drug-likeness (QED) is 0.465. The van der Waals surface area contributed by atoms with Crippen LogP contribution >= 0.6 is 0 Å². The second-order valence-electron chi connectivity index (χ2n) is 6.41. The van der Waals surface area contributed by atoms with Gasteiger partial charge in [-0.05, 0) is 17.4 Å². The third kappa shape index (κ3) is 5.59. The topological polar surface area (TPSA) is 17.1 Å². The van der Waals surface area contributed by atoms with E-state index in [2.05, 4.69) is 39.8 Å². The van der Waals surface area contributed by atoms with Gasteiger partial charge in [-0.3, -0.25) is 4.79 Å². The molecule has 0 N–H and O–H groups in total. The molecule has 0 bridgehead atoms. The van der Waals surface area contributed by atoms with E-state index in [-0.39, 0.29) is 11.2 Å². The van der Waals surface area contributed by atoms with E-state index in [4.69, 9.17) is 0 Å². The highest BCUT2D eigenvalue weighted by molar-refractivity contribution is 5.96. The molecule has 0 spiro atoms. The summed E-state index contributed by atoms with van der Waals surface area (Å²) in [5, 5.41) is 0. The van der Waals surface area contributed by atoms with Crippen LogP contribution in [0.25, 0.3) is 0 Å². The Morgan fingerprint density at radius 3 is 2.05 bits per heavy atom. The Bertz CT molecular complexity index is 381. The van der Waals surface area contributed by atoms with Gasteiger partial charge in [0.2, 0.25) is 0 Å². The summed E-state index contributed by atoms with van der Waals surface area (Å²) in [7, 11) is 0. The van der Waals surface area contributed by atoms with Gasteiger partial charge in [0.05, 0.1) is 0 Å². The molecule has 1 aromatic rings. The number of hydrogen-bond donors (Lipinski definition) is 0. The minimum Gasteiger partial charge on any atom is -0.294 e. The monoisotopic (exact) mass is 260 g/mol. The molecular weight excluding hydrogens is 232 g/mol. The molecule has 1 nitrogen and oxygen atoms in total. The lowest BCUT2D eigenvalue weighted by Crippen LogP contribution is -2.11. The van der Waals surface area contributed by atoms with Crippen molar-refractivity contribution in [1.29, 1.82) is 0 Å². The molecule has 0 atom stereocenters. The number of carbonyl (C=O) groups excluding carboxylic acids is 1. The number of carbonyl (C=O) groups is 1. The summed E-state index contributed by atoms with van der Waals surface area (Å²) >= 11 is 0. The first kappa shape index (κ1) is 15.9. The summed E-state index contributed by atoms with van der Waals surface area (Å²) in [6.45, 7) is 8.79. The Kier molecular flexibility index (Phi) is 6.27. The zero-order valence-corrected chi connectivity index (χ0v) is 13.0. The molecule has 0 unspecified atom stereocenters. The molecule has 1 rings (SSSR count). The zero-order valence-electron chi connectivity index (χ0n) is 13.0. The molecule has 0 amide bonds. The zero-order chi connectivity index (χ0) is 14.3. The fourth-order valence-corrected chi connectivity index (χ4v) is 2.19. The van der Waals surface area contributed by atoms with Crippen LogP contribution in [-0.4, -0.2) is 5.78 Å². The lowest BCUT2D eigenvalue weighted by molar-refractivity contribution is 0.0979. The van der Waals surface area contributed by atoms with E-state index in [1.807, 2.05) is 12.1 Å². The number of rotatable bonds is 7. The molecular formula is C18H28O. The highest BCUT2D eigenvalue weighted by Gasteiger charge is 2.14. The number of hydrogen-bond acceptors (Lipinski definition) is 1. The molecule has 1 heteroatoms. The molecule has 0 aliphatic heterocycles. The van der Waals surface area contributed by atoms with Crippen LogP contribution in [-0.2, 0) is 5.41 Å². The van der Waals surface area contributed by atoms with Crippen molar-refractivity contribution in [2.45, 2.75) is 71.6 Å². The van der Waals surface area contributed by atoms with E-state index in [1.54, 1.807) is 0 Å². The van der Waals surface area contributed by atoms with Gasteiger partial charge in [0.1, 0.15) is 0 Å². The first-order valence-electron chi connectivity index (χ1n) is 7.59. The third-order valence-corrected chi connectivity index (χ3v) is 3.58. The Balaban J connectivity index is 2.45. The lowest BCUT2D eigenvalue weighted by atomic mass is 9.86. The van der Waals surface area contributed by atoms with Gasteiger partial charge in [0.15, 0.2) is 5.78 Å². The van der Waals surface area contributed by atoms with Crippen LogP contribution in [0.4, 0.5) is 0 Å². The lowest BCUT2D eigenvalue weighted by Gasteiger charge is -2.18. The summed E-state index contributed by atoms with van der Waals surface area (Å²) in [6.07, 6.45) is 6.70. The average molecular weight is 260 g/mol. The Hall–Kier alpha value is -1.11. The largest absolute Gasteiger partial charge is 0.294 e. The molecule has 0 aliphatic carbocycles. The standard InChI is InChI=1S/C18H28O/c1-5-6-7-8-9-10-17(19)15-11-13-16(14-12-15)18(2,3)4/h11-14H,5-10H2,1-4H3. The molecule has 0 aliphatic rings. The van der Waals surface area contributed by atoms with Gasteiger partial charge in [-0.1, -0.05) is 77.6 Å². The summed E-state index contributed by atoms with van der Waals surface area (Å²) in [5.41, 5.74) is 2.30. The molecule has 0 aromatic heterocycles. The predicted octanol–water partition coefficient (Wildman–Crippen LogP) is 5.53. The van der Waals surface area contributed by atoms with Crippen molar-refractivity contribution in [2.75, 3.05) is 0 Å². The second-order valence-corrected chi connectivity index (χ2v) is 6.41. The van der Waals surface area contributed by atoms with Crippen LogP contribution in [0.3, 0.4) is 0 Å². The Labute approximate surface area is 118 Å². The van der Waals surface area contributed by atoms with Gasteiger partial charge < -0.3 is 0 Å². The second kappa shape index (κ2) is 7.47. The van der Waals surface area contributed by atoms with E-state index in [1.165, 1.54) is 31.2 Å². The van der Waals surface area contributed by atoms with Crippen LogP contribution in [0.15, 0.2) is 24.3 Å². The third-order valence-electron chi connectivity index (χ3n) is 3.58. The number of Topliss-reactive ketones (excluding diaryl/α,β-unsaturated/α-hetero) is 1. The maximum Gasteiger partial charge on any atom is 0.162 e. The van der Waals surface area contributed by atoms with Crippen LogP contribution in [0.2, 0.25) is 0 Å². The smallest absolute Gasteiger partial charge is 0.162 e. The van der Waals surface area contributed by atoms with Gasteiger partial charge in [-0.25, -0.2) is 0 Å². The Morgan fingerprint density at radius 2 is 1.53 bits per heavy atom. The maximum absolute atomic E-state index is 12.0. The van der Waals surface area contributed by atoms with Crippen molar-refractivity contribution < 1.29 is 4.79 Å². The fourth-order valence-electron chi connectivity index (χ4n) is 2.19. The van der Waals surface area contributed by atoms with E-state index in [0.717, 1.165) is 12.0 Å². The molecule has 0 saturated heterocycles. The van der Waals surface area contributed by atoms with Crippen LogP contribution in [0.1, 0.15) is 82.1 Å². The summed E-state index contributed by atoms with van der Waals surface area (Å²) in [4.78, 5) is 12.0. The van der Waals surface area contributed by atoms with Gasteiger partial charge in [-0.15, -0.1) is 0 Å². The first-order valence-corrected chi connectivity index (χ1v) is 7.59. The minimum atomic E-state index is 0.154. The highest BCUT2D eigenvalue weighted by atomic mass is 16.1. The number of benzene rings is 1. The predicted molar refractivity (Wildman–Crippen MR) is 82.8 cm³/mol. The number of ketones is 1. The normalized spacial score (nSPS) is 11.6. The molecule has 0 radical (unpaired) electrons. The maximum atomic E-state index is 12.0. The van der Waals surface area contributed by atoms with Gasteiger partial charge in [0.25, 0.3) is 0 Å². The SMILES string of the molecule is CCCCCCCC(=O)c1ccc(C(C)(C)C)cc1. The average Bonchev–Trinajstić information content (AvgIpc) is 2.37.